The van der Waals surface area contributed by atoms with Crippen molar-refractivity contribution in [1.82, 2.24) is 4.57 Å². The van der Waals surface area contributed by atoms with Crippen LogP contribution in [0.1, 0.15) is 19.5 Å². The summed E-state index contributed by atoms with van der Waals surface area (Å²) in [5, 5.41) is 8.60. The minimum Gasteiger partial charge on any atom is -0.481 e. The first-order valence-electron chi connectivity index (χ1n) is 4.43. The normalized spacial score (nSPS) is 11.6. The van der Waals surface area contributed by atoms with Crippen LogP contribution < -0.4 is 0 Å². The Morgan fingerprint density at radius 1 is 1.64 bits per heavy atom. The molecule has 3 nitrogen and oxygen atoms in total. The second-order valence-electron chi connectivity index (χ2n) is 3.92. The Kier molecular flexibility index (Phi) is 2.93. The summed E-state index contributed by atoms with van der Waals surface area (Å²) in [5.74, 6) is -0.901. The summed E-state index contributed by atoms with van der Waals surface area (Å²) >= 11 is 0. The molecule has 0 radical (unpaired) electrons. The van der Waals surface area contributed by atoms with Gasteiger partial charge in [0, 0.05) is 11.9 Å². The molecule has 0 saturated carbocycles. The largest absolute Gasteiger partial charge is 0.481 e. The van der Waals surface area contributed by atoms with Crippen molar-refractivity contribution in [3.63, 3.8) is 0 Å². The van der Waals surface area contributed by atoms with Gasteiger partial charge in [0.1, 0.15) is 5.67 Å². The van der Waals surface area contributed by atoms with Gasteiger partial charge in [-0.3, -0.25) is 4.79 Å². The summed E-state index contributed by atoms with van der Waals surface area (Å²) in [5.41, 5.74) is -0.699. The van der Waals surface area contributed by atoms with Crippen LogP contribution in [0.4, 0.5) is 4.39 Å². The first kappa shape index (κ1) is 10.8. The fourth-order valence-corrected chi connectivity index (χ4v) is 1.32. The van der Waals surface area contributed by atoms with Crippen LogP contribution in [0.25, 0.3) is 0 Å². The fraction of sp³-hybridized carbons (Fsp3) is 0.500. The summed E-state index contributed by atoms with van der Waals surface area (Å²) in [7, 11) is 0. The third-order valence-electron chi connectivity index (χ3n) is 1.80. The van der Waals surface area contributed by atoms with E-state index in [4.69, 9.17) is 5.11 Å². The number of carbonyl (C=O) groups is 1. The van der Waals surface area contributed by atoms with E-state index in [2.05, 4.69) is 0 Å². The molecule has 0 spiro atoms. The Morgan fingerprint density at radius 2 is 2.29 bits per heavy atom. The van der Waals surface area contributed by atoms with Gasteiger partial charge in [0.2, 0.25) is 0 Å². The second-order valence-corrected chi connectivity index (χ2v) is 3.92. The van der Waals surface area contributed by atoms with Gasteiger partial charge in [0.15, 0.2) is 0 Å². The predicted molar refractivity (Wildman–Crippen MR) is 51.0 cm³/mol. The van der Waals surface area contributed by atoms with E-state index in [0.29, 0.717) is 5.69 Å². The molecule has 1 aromatic heterocycles. The molecule has 0 aliphatic rings. The molecule has 0 aromatic carbocycles. The molecule has 1 rings (SSSR count). The maximum atomic E-state index is 13.3. The van der Waals surface area contributed by atoms with Crippen molar-refractivity contribution in [3.05, 3.63) is 24.0 Å². The quantitative estimate of drug-likeness (QED) is 0.804. The number of rotatable bonds is 4. The minimum absolute atomic E-state index is 0.0664. The van der Waals surface area contributed by atoms with Crippen LogP contribution in [0.2, 0.25) is 0 Å². The molecule has 1 N–H and O–H groups in total. The Morgan fingerprint density at radius 3 is 2.79 bits per heavy atom. The number of carboxylic acids is 1. The van der Waals surface area contributed by atoms with E-state index in [-0.39, 0.29) is 13.0 Å². The summed E-state index contributed by atoms with van der Waals surface area (Å²) in [6.07, 6.45) is 1.63. The lowest BCUT2D eigenvalue weighted by molar-refractivity contribution is -0.136. The van der Waals surface area contributed by atoms with Crippen LogP contribution in [0.5, 0.6) is 0 Å². The summed E-state index contributed by atoms with van der Waals surface area (Å²) < 4.78 is 14.9. The van der Waals surface area contributed by atoms with Crippen molar-refractivity contribution < 1.29 is 14.3 Å². The predicted octanol–water partition coefficient (Wildman–Crippen LogP) is 1.86. The van der Waals surface area contributed by atoms with Crippen molar-refractivity contribution >= 4 is 5.97 Å². The highest BCUT2D eigenvalue weighted by molar-refractivity contribution is 5.69. The molecule has 78 valence electrons. The fourth-order valence-electron chi connectivity index (χ4n) is 1.32. The van der Waals surface area contributed by atoms with E-state index in [1.165, 1.54) is 13.8 Å². The first-order valence-corrected chi connectivity index (χ1v) is 4.43. The molecule has 1 aromatic rings. The summed E-state index contributed by atoms with van der Waals surface area (Å²) in [4.78, 5) is 10.5. The van der Waals surface area contributed by atoms with Crippen LogP contribution in [0.15, 0.2) is 18.3 Å². The van der Waals surface area contributed by atoms with Crippen molar-refractivity contribution in [3.8, 4) is 0 Å². The van der Waals surface area contributed by atoms with Crippen LogP contribution in [0, 0.1) is 0 Å². The zero-order valence-electron chi connectivity index (χ0n) is 8.33. The Bertz CT molecular complexity index is 325. The Hall–Kier alpha value is -1.32. The van der Waals surface area contributed by atoms with Crippen molar-refractivity contribution in [1.29, 1.82) is 0 Å². The molecule has 1 heterocycles. The van der Waals surface area contributed by atoms with Gasteiger partial charge in [-0.15, -0.1) is 0 Å². The van der Waals surface area contributed by atoms with Gasteiger partial charge in [-0.05, 0) is 26.0 Å². The first-order chi connectivity index (χ1) is 6.38. The number of halogens is 1. The molecule has 14 heavy (non-hydrogen) atoms. The lowest BCUT2D eigenvalue weighted by Gasteiger charge is -2.16. The van der Waals surface area contributed by atoms with Crippen LogP contribution in [-0.2, 0) is 17.8 Å². The van der Waals surface area contributed by atoms with Gasteiger partial charge < -0.3 is 9.67 Å². The molecular formula is C10H14FNO2. The molecule has 0 saturated heterocycles. The third kappa shape index (κ3) is 3.20. The number of nitrogens with zero attached hydrogens (tertiary/aromatic N) is 1. The van der Waals surface area contributed by atoms with E-state index in [1.807, 2.05) is 0 Å². The average Bonchev–Trinajstić information content (AvgIpc) is 2.32. The number of alkyl halides is 1. The highest BCUT2D eigenvalue weighted by Gasteiger charge is 2.17. The summed E-state index contributed by atoms with van der Waals surface area (Å²) in [6, 6.07) is 3.42. The number of aliphatic carboxylic acids is 1. The number of hydrogen-bond donors (Lipinski definition) is 1. The number of aromatic nitrogens is 1. The standard InChI is InChI=1S/C10H14FNO2/c1-10(2,11)7-12-5-3-4-8(12)6-9(13)14/h3-5H,6-7H2,1-2H3,(H,13,14). The molecule has 4 heteroatoms. The minimum atomic E-state index is -1.33. The number of hydrogen-bond acceptors (Lipinski definition) is 1. The molecule has 0 aliphatic carbocycles. The molecule has 0 unspecified atom stereocenters. The third-order valence-corrected chi connectivity index (χ3v) is 1.80. The van der Waals surface area contributed by atoms with Gasteiger partial charge >= 0.3 is 5.97 Å². The van der Waals surface area contributed by atoms with Crippen LogP contribution >= 0.6 is 0 Å². The Balaban J connectivity index is 2.77. The van der Waals surface area contributed by atoms with E-state index in [9.17, 15) is 9.18 Å². The summed E-state index contributed by atoms with van der Waals surface area (Å²) in [6.45, 7) is 3.12. The molecule has 0 atom stereocenters. The van der Waals surface area contributed by atoms with Crippen molar-refractivity contribution in [2.75, 3.05) is 0 Å². The zero-order valence-corrected chi connectivity index (χ0v) is 8.33. The van der Waals surface area contributed by atoms with Crippen LogP contribution in [-0.4, -0.2) is 21.3 Å². The van der Waals surface area contributed by atoms with E-state index >= 15 is 0 Å². The zero-order chi connectivity index (χ0) is 10.8. The maximum absolute atomic E-state index is 13.3. The monoisotopic (exact) mass is 199 g/mol. The average molecular weight is 199 g/mol. The van der Waals surface area contributed by atoms with E-state index < -0.39 is 11.6 Å². The molecule has 0 aliphatic heterocycles. The lowest BCUT2D eigenvalue weighted by Crippen LogP contribution is -2.22. The molecule has 0 bridgehead atoms. The molecular weight excluding hydrogens is 185 g/mol. The molecule has 0 amide bonds. The second kappa shape index (κ2) is 3.82. The van der Waals surface area contributed by atoms with Gasteiger partial charge in [-0.1, -0.05) is 0 Å². The highest BCUT2D eigenvalue weighted by Crippen LogP contribution is 2.14. The Labute approximate surface area is 82.2 Å². The van der Waals surface area contributed by atoms with Gasteiger partial charge in [0.05, 0.1) is 13.0 Å². The lowest BCUT2D eigenvalue weighted by atomic mass is 10.1. The smallest absolute Gasteiger partial charge is 0.309 e. The topological polar surface area (TPSA) is 42.2 Å². The van der Waals surface area contributed by atoms with E-state index in [1.54, 1.807) is 22.9 Å². The number of carboxylic acid groups (broad SMARTS) is 1. The van der Waals surface area contributed by atoms with Crippen molar-refractivity contribution in [2.45, 2.75) is 32.5 Å². The highest BCUT2D eigenvalue weighted by atomic mass is 19.1. The maximum Gasteiger partial charge on any atom is 0.309 e. The molecule has 0 fully saturated rings. The van der Waals surface area contributed by atoms with E-state index in [0.717, 1.165) is 0 Å². The van der Waals surface area contributed by atoms with Gasteiger partial charge in [0.25, 0.3) is 0 Å². The SMILES string of the molecule is CC(C)(F)Cn1cccc1CC(=O)O. The van der Waals surface area contributed by atoms with Crippen molar-refractivity contribution in [2.24, 2.45) is 0 Å². The van der Waals surface area contributed by atoms with Crippen LogP contribution in [0.3, 0.4) is 0 Å². The van der Waals surface area contributed by atoms with Gasteiger partial charge in [-0.2, -0.15) is 0 Å². The van der Waals surface area contributed by atoms with Gasteiger partial charge in [-0.25, -0.2) is 4.39 Å².